The van der Waals surface area contributed by atoms with Crippen LogP contribution < -0.4 is 0 Å². The van der Waals surface area contributed by atoms with Gasteiger partial charge < -0.3 is 4.84 Å². The van der Waals surface area contributed by atoms with Crippen LogP contribution in [0.4, 0.5) is 0 Å². The highest BCUT2D eigenvalue weighted by molar-refractivity contribution is 6.05. The van der Waals surface area contributed by atoms with Crippen molar-refractivity contribution in [3.05, 3.63) is 46.0 Å². The Balaban J connectivity index is 1.96. The summed E-state index contributed by atoms with van der Waals surface area (Å²) in [5.41, 5.74) is 0.534. The lowest BCUT2D eigenvalue weighted by molar-refractivity contribution is -0.523. The molecule has 1 saturated carbocycles. The van der Waals surface area contributed by atoms with Gasteiger partial charge in [0.15, 0.2) is 5.71 Å². The van der Waals surface area contributed by atoms with Crippen LogP contribution in [-0.4, -0.2) is 22.3 Å². The standard InChI is InChI=1S/C14H16N2O3/c17-16(18)13-12(11-7-3-1-4-8-11)15-19-14(13)9-5-2-6-10-14/h1,3-4,7-8,13H,2,5-6,9-10H2/t13-/m0/s1. The highest BCUT2D eigenvalue weighted by Gasteiger charge is 2.57. The molecule has 1 aromatic rings. The number of nitro groups is 1. The molecule has 0 bridgehead atoms. The second kappa shape index (κ2) is 4.64. The third-order valence-corrected chi connectivity index (χ3v) is 4.06. The SMILES string of the molecule is O=[N+]([O-])[C@H]1C(c2ccccc2)=NOC12CCCCC2. The second-order valence-electron chi connectivity index (χ2n) is 5.25. The lowest BCUT2D eigenvalue weighted by Gasteiger charge is -2.31. The predicted octanol–water partition coefficient (Wildman–Crippen LogP) is 2.77. The molecular weight excluding hydrogens is 244 g/mol. The van der Waals surface area contributed by atoms with E-state index >= 15 is 0 Å². The number of rotatable bonds is 2. The molecule has 100 valence electrons. The fourth-order valence-electron chi connectivity index (χ4n) is 3.12. The number of hydrogen-bond acceptors (Lipinski definition) is 4. The molecule has 5 heteroatoms. The van der Waals surface area contributed by atoms with Gasteiger partial charge in [0.05, 0.1) is 0 Å². The molecule has 0 saturated heterocycles. The highest BCUT2D eigenvalue weighted by Crippen LogP contribution is 2.40. The van der Waals surface area contributed by atoms with Gasteiger partial charge in [0.2, 0.25) is 5.60 Å². The number of oxime groups is 1. The molecule has 1 spiro atoms. The molecule has 0 radical (unpaired) electrons. The Kier molecular flexibility index (Phi) is 2.97. The lowest BCUT2D eigenvalue weighted by atomic mass is 9.77. The normalized spacial score (nSPS) is 24.8. The Bertz CT molecular complexity index is 507. The van der Waals surface area contributed by atoms with E-state index in [0.717, 1.165) is 37.7 Å². The van der Waals surface area contributed by atoms with Crippen LogP contribution in [0.5, 0.6) is 0 Å². The van der Waals surface area contributed by atoms with Crippen molar-refractivity contribution in [3.63, 3.8) is 0 Å². The van der Waals surface area contributed by atoms with Crippen LogP contribution in [0.2, 0.25) is 0 Å². The Morgan fingerprint density at radius 2 is 1.89 bits per heavy atom. The summed E-state index contributed by atoms with van der Waals surface area (Å²) in [6.07, 6.45) is 4.51. The molecule has 1 aliphatic heterocycles. The molecular formula is C14H16N2O3. The van der Waals surface area contributed by atoms with E-state index in [0.29, 0.717) is 5.71 Å². The van der Waals surface area contributed by atoms with E-state index in [-0.39, 0.29) is 4.92 Å². The molecule has 1 aromatic carbocycles. The summed E-state index contributed by atoms with van der Waals surface area (Å²) in [6, 6.07) is 8.47. The van der Waals surface area contributed by atoms with E-state index in [1.807, 2.05) is 30.3 Å². The fraction of sp³-hybridized carbons (Fsp3) is 0.500. The third-order valence-electron chi connectivity index (χ3n) is 4.06. The van der Waals surface area contributed by atoms with E-state index in [4.69, 9.17) is 4.84 Å². The van der Waals surface area contributed by atoms with Gasteiger partial charge in [-0.3, -0.25) is 10.1 Å². The van der Waals surface area contributed by atoms with Crippen molar-refractivity contribution in [2.24, 2.45) is 5.16 Å². The molecule has 1 aliphatic carbocycles. The Morgan fingerprint density at radius 3 is 2.53 bits per heavy atom. The first-order valence-corrected chi connectivity index (χ1v) is 6.68. The zero-order chi connectivity index (χ0) is 13.3. The minimum Gasteiger partial charge on any atom is -0.381 e. The fourth-order valence-corrected chi connectivity index (χ4v) is 3.12. The Labute approximate surface area is 111 Å². The molecule has 1 heterocycles. The minimum atomic E-state index is -0.838. The Morgan fingerprint density at radius 1 is 1.21 bits per heavy atom. The quantitative estimate of drug-likeness (QED) is 0.606. The molecule has 2 aliphatic rings. The monoisotopic (exact) mass is 260 g/mol. The maximum absolute atomic E-state index is 11.5. The first-order valence-electron chi connectivity index (χ1n) is 6.68. The van der Waals surface area contributed by atoms with Gasteiger partial charge in [-0.15, -0.1) is 0 Å². The van der Waals surface area contributed by atoms with Gasteiger partial charge in [-0.25, -0.2) is 0 Å². The first kappa shape index (κ1) is 12.1. The van der Waals surface area contributed by atoms with Crippen LogP contribution in [0.1, 0.15) is 37.7 Å². The molecule has 1 atom stereocenters. The predicted molar refractivity (Wildman–Crippen MR) is 70.7 cm³/mol. The molecule has 0 N–H and O–H groups in total. The topological polar surface area (TPSA) is 64.7 Å². The van der Waals surface area contributed by atoms with Gasteiger partial charge in [-0.2, -0.15) is 0 Å². The smallest absolute Gasteiger partial charge is 0.299 e. The van der Waals surface area contributed by atoms with Crippen molar-refractivity contribution in [2.45, 2.75) is 43.7 Å². The van der Waals surface area contributed by atoms with Crippen molar-refractivity contribution in [1.82, 2.24) is 0 Å². The van der Waals surface area contributed by atoms with Gasteiger partial charge in [0.1, 0.15) is 0 Å². The van der Waals surface area contributed by atoms with Gasteiger partial charge in [0.25, 0.3) is 6.04 Å². The molecule has 0 amide bonds. The van der Waals surface area contributed by atoms with Gasteiger partial charge in [-0.05, 0) is 25.7 Å². The number of hydrogen-bond donors (Lipinski definition) is 0. The van der Waals surface area contributed by atoms with E-state index in [2.05, 4.69) is 5.16 Å². The van der Waals surface area contributed by atoms with Gasteiger partial charge in [0, 0.05) is 10.5 Å². The largest absolute Gasteiger partial charge is 0.381 e. The van der Waals surface area contributed by atoms with E-state index in [1.165, 1.54) is 0 Å². The highest BCUT2D eigenvalue weighted by atomic mass is 16.7. The van der Waals surface area contributed by atoms with Crippen LogP contribution in [0.3, 0.4) is 0 Å². The molecule has 0 unspecified atom stereocenters. The molecule has 5 nitrogen and oxygen atoms in total. The number of benzene rings is 1. The van der Waals surface area contributed by atoms with Gasteiger partial charge in [-0.1, -0.05) is 41.9 Å². The third kappa shape index (κ3) is 1.99. The van der Waals surface area contributed by atoms with Crippen molar-refractivity contribution in [1.29, 1.82) is 0 Å². The summed E-state index contributed by atoms with van der Waals surface area (Å²) in [5, 5.41) is 15.6. The molecule has 1 fully saturated rings. The van der Waals surface area contributed by atoms with Crippen LogP contribution in [-0.2, 0) is 4.84 Å². The minimum absolute atomic E-state index is 0.232. The Hall–Kier alpha value is -1.91. The second-order valence-corrected chi connectivity index (χ2v) is 5.25. The van der Waals surface area contributed by atoms with E-state index < -0.39 is 11.6 Å². The summed E-state index contributed by atoms with van der Waals surface area (Å²) >= 11 is 0. The van der Waals surface area contributed by atoms with Crippen LogP contribution >= 0.6 is 0 Å². The van der Waals surface area contributed by atoms with E-state index in [9.17, 15) is 10.1 Å². The zero-order valence-electron chi connectivity index (χ0n) is 10.6. The average molecular weight is 260 g/mol. The van der Waals surface area contributed by atoms with Crippen LogP contribution in [0, 0.1) is 10.1 Å². The number of nitrogens with zero attached hydrogens (tertiary/aromatic N) is 2. The van der Waals surface area contributed by atoms with Gasteiger partial charge >= 0.3 is 0 Å². The van der Waals surface area contributed by atoms with Crippen LogP contribution in [0.25, 0.3) is 0 Å². The molecule has 3 rings (SSSR count). The van der Waals surface area contributed by atoms with Crippen molar-refractivity contribution in [2.75, 3.05) is 0 Å². The summed E-state index contributed by atoms with van der Waals surface area (Å²) < 4.78 is 0. The summed E-state index contributed by atoms with van der Waals surface area (Å²) in [6.45, 7) is 0. The summed E-state index contributed by atoms with van der Waals surface area (Å²) in [4.78, 5) is 16.8. The molecule has 19 heavy (non-hydrogen) atoms. The van der Waals surface area contributed by atoms with Crippen molar-refractivity contribution < 1.29 is 9.76 Å². The summed E-state index contributed by atoms with van der Waals surface area (Å²) in [5.74, 6) is 0. The van der Waals surface area contributed by atoms with Crippen molar-refractivity contribution in [3.8, 4) is 0 Å². The van der Waals surface area contributed by atoms with Crippen LogP contribution in [0.15, 0.2) is 35.5 Å². The zero-order valence-corrected chi connectivity index (χ0v) is 10.6. The molecule has 0 aromatic heterocycles. The average Bonchev–Trinajstić information content (AvgIpc) is 2.80. The lowest BCUT2D eigenvalue weighted by Crippen LogP contribution is -2.49. The van der Waals surface area contributed by atoms with Crippen molar-refractivity contribution >= 4 is 5.71 Å². The maximum Gasteiger partial charge on any atom is 0.299 e. The van der Waals surface area contributed by atoms with E-state index in [1.54, 1.807) is 0 Å². The summed E-state index contributed by atoms with van der Waals surface area (Å²) in [7, 11) is 0. The maximum atomic E-state index is 11.5. The first-order chi connectivity index (χ1) is 9.23.